The summed E-state index contributed by atoms with van der Waals surface area (Å²) < 4.78 is 10.7. The molecule has 104 valence electrons. The fourth-order valence-electron chi connectivity index (χ4n) is 1.38. The number of hydrogen-bond acceptors (Lipinski definition) is 6. The first-order valence-corrected chi connectivity index (χ1v) is 6.30. The van der Waals surface area contributed by atoms with Crippen LogP contribution in [0.4, 0.5) is 5.95 Å². The molecule has 0 bridgehead atoms. The largest absolute Gasteiger partial charge is 0.481 e. The van der Waals surface area contributed by atoms with Gasteiger partial charge < -0.3 is 9.47 Å². The molecule has 2 heterocycles. The molecule has 0 fully saturated rings. The summed E-state index contributed by atoms with van der Waals surface area (Å²) in [5.74, 6) is 0.291. The van der Waals surface area contributed by atoms with E-state index < -0.39 is 0 Å². The van der Waals surface area contributed by atoms with Crippen LogP contribution < -0.4 is 14.8 Å². The topological polar surface area (TPSA) is 86.2 Å². The van der Waals surface area contributed by atoms with Crippen LogP contribution in [-0.2, 0) is 0 Å². The number of halogens is 1. The molecule has 1 N–H and O–H groups in total. The number of amides is 1. The van der Waals surface area contributed by atoms with Gasteiger partial charge in [-0.2, -0.15) is 9.97 Å². The van der Waals surface area contributed by atoms with Crippen molar-refractivity contribution in [2.24, 2.45) is 0 Å². The highest BCUT2D eigenvalue weighted by molar-refractivity contribution is 9.10. The summed E-state index contributed by atoms with van der Waals surface area (Å²) in [7, 11) is 2.93. The van der Waals surface area contributed by atoms with Gasteiger partial charge in [0.05, 0.1) is 25.8 Å². The van der Waals surface area contributed by atoms with Crippen LogP contribution in [0.15, 0.2) is 29.0 Å². The van der Waals surface area contributed by atoms with Crippen LogP contribution in [0.3, 0.4) is 0 Å². The Morgan fingerprint density at radius 1 is 1.15 bits per heavy atom. The number of pyridine rings is 1. The Bertz CT molecular complexity index is 614. The molecular formula is C12H11BrN4O3. The lowest BCUT2D eigenvalue weighted by atomic mass is 10.3. The van der Waals surface area contributed by atoms with E-state index in [1.165, 1.54) is 26.5 Å². The number of hydrogen-bond donors (Lipinski definition) is 1. The van der Waals surface area contributed by atoms with Crippen molar-refractivity contribution in [1.82, 2.24) is 15.0 Å². The molecule has 0 atom stereocenters. The number of methoxy groups -OCH3 is 2. The van der Waals surface area contributed by atoms with Gasteiger partial charge in [0.15, 0.2) is 0 Å². The zero-order valence-corrected chi connectivity index (χ0v) is 12.3. The van der Waals surface area contributed by atoms with Gasteiger partial charge in [-0.3, -0.25) is 15.1 Å². The number of nitrogens with zero attached hydrogens (tertiary/aromatic N) is 3. The zero-order chi connectivity index (χ0) is 14.5. The third-order valence-corrected chi connectivity index (χ3v) is 2.72. The second-order valence-corrected chi connectivity index (χ2v) is 4.54. The van der Waals surface area contributed by atoms with E-state index in [-0.39, 0.29) is 11.9 Å². The number of carbonyl (C=O) groups excluding carboxylic acids is 1. The Balaban J connectivity index is 2.23. The summed E-state index contributed by atoms with van der Waals surface area (Å²) in [5, 5.41) is 2.55. The Labute approximate surface area is 123 Å². The fourth-order valence-corrected chi connectivity index (χ4v) is 1.74. The summed E-state index contributed by atoms with van der Waals surface area (Å²) in [6.45, 7) is 0. The SMILES string of the molecule is COc1cc(OC)nc(NC(=O)c2cncc(Br)c2)n1. The molecule has 2 rings (SSSR count). The van der Waals surface area contributed by atoms with E-state index >= 15 is 0 Å². The summed E-state index contributed by atoms with van der Waals surface area (Å²) >= 11 is 3.25. The van der Waals surface area contributed by atoms with Gasteiger partial charge in [-0.15, -0.1) is 0 Å². The normalized spacial score (nSPS) is 9.95. The lowest BCUT2D eigenvalue weighted by Crippen LogP contribution is -2.15. The fraction of sp³-hybridized carbons (Fsp3) is 0.167. The molecule has 0 saturated carbocycles. The predicted molar refractivity (Wildman–Crippen MR) is 75.0 cm³/mol. The van der Waals surface area contributed by atoms with Gasteiger partial charge in [0.2, 0.25) is 17.7 Å². The Morgan fingerprint density at radius 3 is 2.35 bits per heavy atom. The second-order valence-electron chi connectivity index (χ2n) is 3.62. The number of carbonyl (C=O) groups is 1. The molecule has 0 aliphatic heterocycles. The average Bonchev–Trinajstić information content (AvgIpc) is 2.46. The van der Waals surface area contributed by atoms with Crippen LogP contribution in [0.1, 0.15) is 10.4 Å². The number of anilines is 1. The van der Waals surface area contributed by atoms with E-state index in [0.29, 0.717) is 21.8 Å². The van der Waals surface area contributed by atoms with Crippen LogP contribution in [0.25, 0.3) is 0 Å². The molecule has 0 radical (unpaired) electrons. The smallest absolute Gasteiger partial charge is 0.259 e. The lowest BCUT2D eigenvalue weighted by molar-refractivity contribution is 0.102. The van der Waals surface area contributed by atoms with Crippen molar-refractivity contribution in [2.45, 2.75) is 0 Å². The molecule has 8 heteroatoms. The molecular weight excluding hydrogens is 328 g/mol. The van der Waals surface area contributed by atoms with E-state index in [2.05, 4.69) is 36.2 Å². The zero-order valence-electron chi connectivity index (χ0n) is 10.8. The van der Waals surface area contributed by atoms with E-state index in [4.69, 9.17) is 9.47 Å². The first kappa shape index (κ1) is 14.2. The van der Waals surface area contributed by atoms with Gasteiger partial charge in [0.25, 0.3) is 5.91 Å². The van der Waals surface area contributed by atoms with Crippen molar-refractivity contribution in [1.29, 1.82) is 0 Å². The molecule has 1 amide bonds. The van der Waals surface area contributed by atoms with Gasteiger partial charge in [-0.1, -0.05) is 0 Å². The highest BCUT2D eigenvalue weighted by Crippen LogP contribution is 2.18. The number of ether oxygens (including phenoxy) is 2. The van der Waals surface area contributed by atoms with E-state index in [0.717, 1.165) is 0 Å². The minimum absolute atomic E-state index is 0.0891. The Kier molecular flexibility index (Phi) is 4.46. The quantitative estimate of drug-likeness (QED) is 0.916. The van der Waals surface area contributed by atoms with Gasteiger partial charge in [0.1, 0.15) is 0 Å². The number of rotatable bonds is 4. The molecule has 0 aliphatic rings. The number of nitrogens with one attached hydrogen (secondary N) is 1. The third-order valence-electron chi connectivity index (χ3n) is 2.29. The molecule has 0 spiro atoms. The standard InChI is InChI=1S/C12H11BrN4O3/c1-19-9-4-10(20-2)16-12(15-9)17-11(18)7-3-8(13)6-14-5-7/h3-6H,1-2H3,(H,15,16,17,18). The molecule has 0 unspecified atom stereocenters. The molecule has 2 aromatic heterocycles. The Hall–Kier alpha value is -2.22. The highest BCUT2D eigenvalue weighted by Gasteiger charge is 2.11. The van der Waals surface area contributed by atoms with Crippen molar-refractivity contribution < 1.29 is 14.3 Å². The van der Waals surface area contributed by atoms with Crippen LogP contribution in [0, 0.1) is 0 Å². The summed E-state index contributed by atoms with van der Waals surface area (Å²) in [6, 6.07) is 3.15. The maximum atomic E-state index is 12.0. The van der Waals surface area contributed by atoms with Gasteiger partial charge >= 0.3 is 0 Å². The minimum atomic E-state index is -0.380. The molecule has 0 aromatic carbocycles. The third kappa shape index (κ3) is 3.41. The first-order valence-electron chi connectivity index (χ1n) is 5.51. The van der Waals surface area contributed by atoms with Crippen molar-refractivity contribution in [3.63, 3.8) is 0 Å². The van der Waals surface area contributed by atoms with E-state index in [1.54, 1.807) is 12.3 Å². The monoisotopic (exact) mass is 338 g/mol. The number of aromatic nitrogens is 3. The summed E-state index contributed by atoms with van der Waals surface area (Å²) in [5.41, 5.74) is 0.379. The summed E-state index contributed by atoms with van der Waals surface area (Å²) in [4.78, 5) is 24.0. The maximum Gasteiger partial charge on any atom is 0.259 e. The molecule has 7 nitrogen and oxygen atoms in total. The first-order chi connectivity index (χ1) is 9.62. The van der Waals surface area contributed by atoms with E-state index in [1.807, 2.05) is 0 Å². The molecule has 2 aromatic rings. The van der Waals surface area contributed by atoms with Crippen LogP contribution in [0.5, 0.6) is 11.8 Å². The van der Waals surface area contributed by atoms with Gasteiger partial charge in [-0.05, 0) is 22.0 Å². The second kappa shape index (κ2) is 6.29. The van der Waals surface area contributed by atoms with E-state index in [9.17, 15) is 4.79 Å². The van der Waals surface area contributed by atoms with Gasteiger partial charge in [-0.25, -0.2) is 0 Å². The molecule has 0 saturated heterocycles. The van der Waals surface area contributed by atoms with Crippen LogP contribution in [0.2, 0.25) is 0 Å². The van der Waals surface area contributed by atoms with Crippen molar-refractivity contribution >= 4 is 27.8 Å². The van der Waals surface area contributed by atoms with Crippen LogP contribution >= 0.6 is 15.9 Å². The van der Waals surface area contributed by atoms with Crippen LogP contribution in [-0.4, -0.2) is 35.1 Å². The molecule has 20 heavy (non-hydrogen) atoms. The molecule has 0 aliphatic carbocycles. The minimum Gasteiger partial charge on any atom is -0.481 e. The summed E-state index contributed by atoms with van der Waals surface area (Å²) in [6.07, 6.45) is 3.03. The lowest BCUT2D eigenvalue weighted by Gasteiger charge is -2.07. The maximum absolute atomic E-state index is 12.0. The predicted octanol–water partition coefficient (Wildman–Crippen LogP) is 1.90. The van der Waals surface area contributed by atoms with Crippen molar-refractivity contribution in [3.05, 3.63) is 34.6 Å². The highest BCUT2D eigenvalue weighted by atomic mass is 79.9. The van der Waals surface area contributed by atoms with Crippen molar-refractivity contribution in [2.75, 3.05) is 19.5 Å². The van der Waals surface area contributed by atoms with Gasteiger partial charge in [0, 0.05) is 16.9 Å². The average molecular weight is 339 g/mol. The Morgan fingerprint density at radius 2 is 1.80 bits per heavy atom. The van der Waals surface area contributed by atoms with Crippen molar-refractivity contribution in [3.8, 4) is 11.8 Å².